The van der Waals surface area contributed by atoms with Crippen molar-refractivity contribution in [3.05, 3.63) is 241 Å². The van der Waals surface area contributed by atoms with Crippen LogP contribution in [0.25, 0.3) is 82.8 Å². The number of para-hydroxylation sites is 5. The predicted molar refractivity (Wildman–Crippen MR) is 330 cm³/mol. The van der Waals surface area contributed by atoms with E-state index in [1.165, 1.54) is 82.6 Å². The maximum absolute atomic E-state index is 2.57. The summed E-state index contributed by atoms with van der Waals surface area (Å²) in [5.74, 6) is 0. The van der Waals surface area contributed by atoms with Gasteiger partial charge >= 0.3 is 0 Å². The zero-order valence-corrected chi connectivity index (χ0v) is 46.7. The monoisotopic (exact) mass is 989 g/mol. The molecule has 76 heavy (non-hydrogen) atoms. The van der Waals surface area contributed by atoms with E-state index in [0.29, 0.717) is 0 Å². The molecule has 1 heterocycles. The van der Waals surface area contributed by atoms with Crippen molar-refractivity contribution in [2.75, 3.05) is 4.90 Å². The van der Waals surface area contributed by atoms with Gasteiger partial charge in [-0.05, 0) is 131 Å². The Labute approximate surface area is 452 Å². The van der Waals surface area contributed by atoms with Gasteiger partial charge in [0.2, 0.25) is 0 Å². The molecule has 2 heteroatoms. The first-order chi connectivity index (χ1) is 36.2. The lowest BCUT2D eigenvalue weighted by Crippen LogP contribution is -2.17. The topological polar surface area (TPSA) is 8.17 Å². The van der Waals surface area contributed by atoms with E-state index in [1.807, 2.05) is 0 Å². The van der Waals surface area contributed by atoms with E-state index < -0.39 is 0 Å². The summed E-state index contributed by atoms with van der Waals surface area (Å²) in [6, 6.07) is 82.2. The van der Waals surface area contributed by atoms with Gasteiger partial charge in [-0.15, -0.1) is 0 Å². The maximum Gasteiger partial charge on any atom is 0.0541 e. The van der Waals surface area contributed by atoms with Crippen LogP contribution in [-0.4, -0.2) is 4.57 Å². The Morgan fingerprint density at radius 1 is 0.289 bits per heavy atom. The molecule has 0 fully saturated rings. The van der Waals surface area contributed by atoms with Crippen LogP contribution in [0.15, 0.2) is 218 Å². The zero-order valence-electron chi connectivity index (χ0n) is 46.7. The molecule has 0 bridgehead atoms. The average Bonchev–Trinajstić information content (AvgIpc) is 3.81. The second kappa shape index (κ2) is 19.0. The summed E-state index contributed by atoms with van der Waals surface area (Å²) in [4.78, 5) is 2.57. The van der Waals surface area contributed by atoms with Gasteiger partial charge in [0, 0.05) is 33.2 Å². The van der Waals surface area contributed by atoms with Gasteiger partial charge in [0.05, 0.1) is 28.1 Å². The fourth-order valence-electron chi connectivity index (χ4n) is 11.2. The van der Waals surface area contributed by atoms with Gasteiger partial charge in [-0.25, -0.2) is 0 Å². The van der Waals surface area contributed by atoms with Crippen LogP contribution < -0.4 is 4.90 Å². The van der Waals surface area contributed by atoms with Crippen LogP contribution in [0.5, 0.6) is 0 Å². The number of anilines is 3. The van der Waals surface area contributed by atoms with Crippen LogP contribution >= 0.6 is 0 Å². The molecule has 0 saturated heterocycles. The molecule has 10 aromatic carbocycles. The Kier molecular flexibility index (Phi) is 12.6. The minimum atomic E-state index is -0.0573. The Morgan fingerprint density at radius 2 is 0.697 bits per heavy atom. The van der Waals surface area contributed by atoms with Crippen molar-refractivity contribution in [1.29, 1.82) is 0 Å². The molecular weight excluding hydrogens is 917 g/mol. The van der Waals surface area contributed by atoms with Gasteiger partial charge in [-0.3, -0.25) is 0 Å². The molecule has 0 atom stereocenters. The summed E-state index contributed by atoms with van der Waals surface area (Å²) in [6.07, 6.45) is 0. The molecule has 11 aromatic rings. The third kappa shape index (κ3) is 9.34. The van der Waals surface area contributed by atoms with E-state index in [0.717, 1.165) is 39.4 Å². The summed E-state index contributed by atoms with van der Waals surface area (Å²) in [7, 11) is 0. The van der Waals surface area contributed by atoms with Crippen molar-refractivity contribution in [2.45, 2.75) is 105 Å². The normalized spacial score (nSPS) is 12.5. The molecule has 0 aliphatic carbocycles. The number of nitrogens with zero attached hydrogens (tertiary/aromatic N) is 2. The van der Waals surface area contributed by atoms with Crippen LogP contribution in [0.3, 0.4) is 0 Å². The summed E-state index contributed by atoms with van der Waals surface area (Å²) < 4.78 is 2.40. The molecule has 2 nitrogen and oxygen atoms in total. The molecule has 0 N–H and O–H groups in total. The lowest BCUT2D eigenvalue weighted by Gasteiger charge is -2.32. The molecule has 0 aliphatic rings. The minimum Gasteiger partial charge on any atom is -0.309 e. The zero-order chi connectivity index (χ0) is 53.3. The first kappa shape index (κ1) is 50.2. The Morgan fingerprint density at radius 3 is 1.24 bits per heavy atom. The molecule has 0 saturated carbocycles. The molecule has 0 aliphatic heterocycles. The van der Waals surface area contributed by atoms with E-state index in [9.17, 15) is 0 Å². The highest BCUT2D eigenvalue weighted by Gasteiger charge is 2.28. The van der Waals surface area contributed by atoms with E-state index in [2.05, 4.69) is 311 Å². The largest absolute Gasteiger partial charge is 0.309 e. The number of rotatable bonds is 8. The van der Waals surface area contributed by atoms with E-state index in [-0.39, 0.29) is 21.7 Å². The van der Waals surface area contributed by atoms with Gasteiger partial charge in [-0.2, -0.15) is 0 Å². The lowest BCUT2D eigenvalue weighted by atomic mass is 9.78. The van der Waals surface area contributed by atoms with Gasteiger partial charge in [0.25, 0.3) is 0 Å². The SMILES string of the molecule is CC(C)(C)c1cc(-c2ccccc2N(c2ccccc2-c2ccc3c(c2)c2ccccc2n3-c2ccccc2)c2ccccc2-c2cccc3cccc(-c4cc(C(C)(C)C)cc(C(C)(C)C)c4)c23)cc(C(C)(C)C)c1. The highest BCUT2D eigenvalue weighted by Crippen LogP contribution is 2.51. The van der Waals surface area contributed by atoms with Crippen molar-refractivity contribution in [1.82, 2.24) is 4.57 Å². The fourth-order valence-corrected chi connectivity index (χ4v) is 11.2. The first-order valence-corrected chi connectivity index (χ1v) is 27.3. The van der Waals surface area contributed by atoms with Crippen molar-refractivity contribution in [2.24, 2.45) is 0 Å². The minimum absolute atomic E-state index is 0.0269. The number of hydrogen-bond acceptors (Lipinski definition) is 1. The van der Waals surface area contributed by atoms with Gasteiger partial charge in [0.1, 0.15) is 0 Å². The summed E-state index contributed by atoms with van der Waals surface area (Å²) in [5, 5.41) is 4.92. The number of aromatic nitrogens is 1. The molecular formula is C74H72N2. The van der Waals surface area contributed by atoms with Crippen LogP contribution in [0.1, 0.15) is 105 Å². The van der Waals surface area contributed by atoms with Gasteiger partial charge < -0.3 is 9.47 Å². The van der Waals surface area contributed by atoms with Crippen LogP contribution in [0.2, 0.25) is 0 Å². The second-order valence-electron chi connectivity index (χ2n) is 25.1. The molecule has 0 radical (unpaired) electrons. The summed E-state index contributed by atoms with van der Waals surface area (Å²) in [6.45, 7) is 28.0. The van der Waals surface area contributed by atoms with Crippen molar-refractivity contribution < 1.29 is 0 Å². The molecule has 11 rings (SSSR count). The van der Waals surface area contributed by atoms with E-state index in [1.54, 1.807) is 0 Å². The van der Waals surface area contributed by atoms with E-state index in [4.69, 9.17) is 0 Å². The van der Waals surface area contributed by atoms with Crippen molar-refractivity contribution in [3.63, 3.8) is 0 Å². The fraction of sp³-hybridized carbons (Fsp3) is 0.216. The first-order valence-electron chi connectivity index (χ1n) is 27.3. The Hall–Kier alpha value is -7.94. The number of hydrogen-bond donors (Lipinski definition) is 0. The highest BCUT2D eigenvalue weighted by atomic mass is 15.1. The Balaban J connectivity index is 1.20. The lowest BCUT2D eigenvalue weighted by molar-refractivity contribution is 0.568. The quantitative estimate of drug-likeness (QED) is 0.147. The molecule has 0 spiro atoms. The third-order valence-electron chi connectivity index (χ3n) is 15.6. The highest BCUT2D eigenvalue weighted by molar-refractivity contribution is 6.12. The average molecular weight is 989 g/mol. The van der Waals surface area contributed by atoms with E-state index >= 15 is 0 Å². The van der Waals surface area contributed by atoms with Crippen LogP contribution in [-0.2, 0) is 21.7 Å². The molecule has 0 unspecified atom stereocenters. The van der Waals surface area contributed by atoms with Gasteiger partial charge in [-0.1, -0.05) is 253 Å². The van der Waals surface area contributed by atoms with Crippen molar-refractivity contribution in [3.8, 4) is 50.2 Å². The molecule has 378 valence electrons. The number of fused-ring (bicyclic) bond motifs is 4. The standard InChI is InChI=1S/C74H72N2/c1-71(2,3)53-42-51(43-54(47-53)72(4,5)6)59-31-17-21-37-66(59)76(65-36-20-16-30-58(65)50-40-41-69-64(46-50)62-33-19-22-38-67(62)75(69)57-28-14-13-15-29-57)68-39-23-18-32-61(68)63-35-25-27-49-26-24-34-60(70(49)63)52-44-55(73(7,8)9)48-56(45-52)74(10,11)12/h13-48H,1-12H3. The van der Waals surface area contributed by atoms with Crippen LogP contribution in [0, 0.1) is 0 Å². The van der Waals surface area contributed by atoms with Crippen molar-refractivity contribution >= 4 is 49.6 Å². The predicted octanol–water partition coefficient (Wildman–Crippen LogP) is 21.3. The smallest absolute Gasteiger partial charge is 0.0541 e. The van der Waals surface area contributed by atoms with Gasteiger partial charge in [0.15, 0.2) is 0 Å². The Bertz CT molecular complexity index is 3900. The summed E-state index contributed by atoms with van der Waals surface area (Å²) >= 11 is 0. The third-order valence-corrected chi connectivity index (χ3v) is 15.6. The molecule has 1 aromatic heterocycles. The molecule has 0 amide bonds. The second-order valence-corrected chi connectivity index (χ2v) is 25.1. The van der Waals surface area contributed by atoms with Crippen LogP contribution in [0.4, 0.5) is 17.1 Å². The maximum atomic E-state index is 2.57. The summed E-state index contributed by atoms with van der Waals surface area (Å²) in [5.41, 5.74) is 21.6. The number of benzene rings is 10.